The van der Waals surface area contributed by atoms with Crippen LogP contribution < -0.4 is 14.8 Å². The fraction of sp³-hybridized carbons (Fsp3) is 0.417. The van der Waals surface area contributed by atoms with E-state index in [9.17, 15) is 4.39 Å². The Bertz CT molecular complexity index is 817. The van der Waals surface area contributed by atoms with Gasteiger partial charge in [-0.25, -0.2) is 4.39 Å². The Balaban J connectivity index is 1.57. The zero-order valence-corrected chi connectivity index (χ0v) is 17.7. The molecule has 1 N–H and O–H groups in total. The van der Waals surface area contributed by atoms with Crippen LogP contribution in [0.1, 0.15) is 50.2 Å². The molecule has 3 nitrogen and oxygen atoms in total. The van der Waals surface area contributed by atoms with Gasteiger partial charge < -0.3 is 14.8 Å². The summed E-state index contributed by atoms with van der Waals surface area (Å²) in [6.07, 6.45) is 8.63. The first-order chi connectivity index (χ1) is 14.2. The average Bonchev–Trinajstić information content (AvgIpc) is 2.73. The molecule has 1 aliphatic carbocycles. The molecule has 0 aliphatic heterocycles. The van der Waals surface area contributed by atoms with Crippen molar-refractivity contribution in [1.29, 1.82) is 0 Å². The first-order valence-electron chi connectivity index (χ1n) is 10.4. The van der Waals surface area contributed by atoms with Crippen LogP contribution in [0.2, 0.25) is 5.02 Å². The minimum absolute atomic E-state index is 0.0539. The molecule has 0 aromatic heterocycles. The summed E-state index contributed by atoms with van der Waals surface area (Å²) in [6.45, 7) is 4.26. The molecular weight excluding hydrogens is 389 g/mol. The van der Waals surface area contributed by atoms with Crippen molar-refractivity contribution in [2.45, 2.75) is 52.2 Å². The Kier molecular flexibility index (Phi) is 8.38. The largest absolute Gasteiger partial charge is 0.490 e. The monoisotopic (exact) mass is 417 g/mol. The fourth-order valence-electron chi connectivity index (χ4n) is 3.48. The predicted molar refractivity (Wildman–Crippen MR) is 116 cm³/mol. The number of rotatable bonds is 10. The van der Waals surface area contributed by atoms with Crippen molar-refractivity contribution in [2.24, 2.45) is 0 Å². The number of hydrogen-bond acceptors (Lipinski definition) is 3. The van der Waals surface area contributed by atoms with E-state index in [1.807, 2.05) is 25.1 Å². The molecule has 156 valence electrons. The molecule has 2 aromatic rings. The van der Waals surface area contributed by atoms with Crippen molar-refractivity contribution < 1.29 is 13.9 Å². The summed E-state index contributed by atoms with van der Waals surface area (Å²) < 4.78 is 25.5. The number of halogens is 2. The lowest BCUT2D eigenvalue weighted by Gasteiger charge is -2.15. The lowest BCUT2D eigenvalue weighted by Crippen LogP contribution is -2.16. The number of hydrogen-bond donors (Lipinski definition) is 1. The molecule has 5 heteroatoms. The Morgan fingerprint density at radius 1 is 1.10 bits per heavy atom. The highest BCUT2D eigenvalue weighted by molar-refractivity contribution is 6.31. The van der Waals surface area contributed by atoms with Crippen LogP contribution in [0.25, 0.3) is 0 Å². The molecule has 0 radical (unpaired) electrons. The third-order valence-electron chi connectivity index (χ3n) is 5.08. The van der Waals surface area contributed by atoms with Gasteiger partial charge in [0.15, 0.2) is 11.5 Å². The first kappa shape index (κ1) is 21.7. The summed E-state index contributed by atoms with van der Waals surface area (Å²) in [5, 5.41) is 3.86. The van der Waals surface area contributed by atoms with Crippen molar-refractivity contribution in [3.63, 3.8) is 0 Å². The quantitative estimate of drug-likeness (QED) is 0.356. The van der Waals surface area contributed by atoms with Crippen LogP contribution in [0.4, 0.5) is 4.39 Å². The van der Waals surface area contributed by atoms with Gasteiger partial charge in [0.1, 0.15) is 12.4 Å². The highest BCUT2D eigenvalue weighted by Gasteiger charge is 2.11. The second-order valence-corrected chi connectivity index (χ2v) is 7.65. The Morgan fingerprint density at radius 2 is 2.00 bits per heavy atom. The van der Waals surface area contributed by atoms with Crippen molar-refractivity contribution in [1.82, 2.24) is 5.32 Å². The van der Waals surface area contributed by atoms with Crippen molar-refractivity contribution in [3.05, 3.63) is 70.0 Å². The lowest BCUT2D eigenvalue weighted by atomic mass is 9.97. The van der Waals surface area contributed by atoms with E-state index >= 15 is 0 Å². The third-order valence-corrected chi connectivity index (χ3v) is 5.43. The molecule has 0 saturated carbocycles. The molecule has 3 rings (SSSR count). The molecule has 2 aromatic carbocycles. The molecule has 0 saturated heterocycles. The van der Waals surface area contributed by atoms with Crippen LogP contribution in [0, 0.1) is 5.82 Å². The van der Waals surface area contributed by atoms with E-state index in [1.54, 1.807) is 17.7 Å². The van der Waals surface area contributed by atoms with Gasteiger partial charge in [0, 0.05) is 12.1 Å². The van der Waals surface area contributed by atoms with E-state index in [2.05, 4.69) is 11.4 Å². The molecule has 0 heterocycles. The maximum atomic E-state index is 14.0. The third kappa shape index (κ3) is 6.48. The van der Waals surface area contributed by atoms with Crippen LogP contribution >= 0.6 is 11.6 Å². The highest BCUT2D eigenvalue weighted by atomic mass is 35.5. The van der Waals surface area contributed by atoms with E-state index in [-0.39, 0.29) is 12.4 Å². The maximum Gasteiger partial charge on any atom is 0.161 e. The van der Waals surface area contributed by atoms with Crippen LogP contribution in [-0.4, -0.2) is 13.2 Å². The number of nitrogens with one attached hydrogen (secondary N) is 1. The zero-order valence-electron chi connectivity index (χ0n) is 17.0. The molecule has 0 bridgehead atoms. The molecule has 0 fully saturated rings. The Labute approximate surface area is 177 Å². The van der Waals surface area contributed by atoms with Crippen LogP contribution in [0.15, 0.2) is 48.0 Å². The summed E-state index contributed by atoms with van der Waals surface area (Å²) in [4.78, 5) is 0. The molecule has 0 atom stereocenters. The summed E-state index contributed by atoms with van der Waals surface area (Å²) in [7, 11) is 0. The van der Waals surface area contributed by atoms with Gasteiger partial charge in [0.05, 0.1) is 11.6 Å². The van der Waals surface area contributed by atoms with Gasteiger partial charge >= 0.3 is 0 Å². The number of allylic oxidation sites excluding steroid dienone is 1. The van der Waals surface area contributed by atoms with Gasteiger partial charge in [-0.3, -0.25) is 0 Å². The first-order valence-corrected chi connectivity index (χ1v) is 10.7. The normalized spacial score (nSPS) is 13.8. The average molecular weight is 418 g/mol. The van der Waals surface area contributed by atoms with Gasteiger partial charge in [-0.2, -0.15) is 0 Å². The van der Waals surface area contributed by atoms with E-state index in [1.165, 1.54) is 31.7 Å². The van der Waals surface area contributed by atoms with Gasteiger partial charge in [0.2, 0.25) is 0 Å². The Morgan fingerprint density at radius 3 is 2.76 bits per heavy atom. The summed E-state index contributed by atoms with van der Waals surface area (Å²) in [6, 6.07) is 10.5. The van der Waals surface area contributed by atoms with Gasteiger partial charge in [0.25, 0.3) is 0 Å². The highest BCUT2D eigenvalue weighted by Crippen LogP contribution is 2.30. The smallest absolute Gasteiger partial charge is 0.161 e. The number of benzene rings is 2. The predicted octanol–water partition coefficient (Wildman–Crippen LogP) is 6.44. The van der Waals surface area contributed by atoms with Gasteiger partial charge in [-0.15, -0.1) is 0 Å². The van der Waals surface area contributed by atoms with Crippen molar-refractivity contribution >= 4 is 11.6 Å². The fourth-order valence-corrected chi connectivity index (χ4v) is 3.70. The SMILES string of the molecule is CCOc1cc(CNCCC2=CCCCC2)ccc1OCc1c(F)cccc1Cl. The van der Waals surface area contributed by atoms with Crippen molar-refractivity contribution in [3.8, 4) is 11.5 Å². The second kappa shape index (κ2) is 11.2. The van der Waals surface area contributed by atoms with Gasteiger partial charge in [-0.1, -0.05) is 35.4 Å². The van der Waals surface area contributed by atoms with E-state index < -0.39 is 0 Å². The van der Waals surface area contributed by atoms with Crippen LogP contribution in [-0.2, 0) is 13.2 Å². The summed E-state index contributed by atoms with van der Waals surface area (Å²) >= 11 is 6.09. The van der Waals surface area contributed by atoms with E-state index in [4.69, 9.17) is 21.1 Å². The summed E-state index contributed by atoms with van der Waals surface area (Å²) in [5.41, 5.74) is 3.05. The number of ether oxygens (including phenoxy) is 2. The Hall–Kier alpha value is -2.04. The molecular formula is C24H29ClFNO2. The minimum atomic E-state index is -0.371. The standard InChI is InChI=1S/C24H29ClFNO2/c1-2-28-24-15-19(16-27-14-13-18-7-4-3-5-8-18)11-12-23(24)29-17-20-21(25)9-6-10-22(20)26/h6-7,9-12,15,27H,2-5,8,13-14,16-17H2,1H3. The maximum absolute atomic E-state index is 14.0. The second-order valence-electron chi connectivity index (χ2n) is 7.24. The van der Waals surface area contributed by atoms with Gasteiger partial charge in [-0.05, 0) is 75.4 Å². The minimum Gasteiger partial charge on any atom is -0.490 e. The molecule has 1 aliphatic rings. The topological polar surface area (TPSA) is 30.5 Å². The summed E-state index contributed by atoms with van der Waals surface area (Å²) in [5.74, 6) is 0.876. The molecule has 29 heavy (non-hydrogen) atoms. The molecule has 0 amide bonds. The van der Waals surface area contributed by atoms with Crippen molar-refractivity contribution in [2.75, 3.05) is 13.2 Å². The lowest BCUT2D eigenvalue weighted by molar-refractivity contribution is 0.265. The molecule has 0 spiro atoms. The zero-order chi connectivity index (χ0) is 20.5. The molecule has 0 unspecified atom stereocenters. The van der Waals surface area contributed by atoms with Crippen LogP contribution in [0.3, 0.4) is 0 Å². The van der Waals surface area contributed by atoms with Crippen LogP contribution in [0.5, 0.6) is 11.5 Å². The van der Waals surface area contributed by atoms with E-state index in [0.29, 0.717) is 28.7 Å². The van der Waals surface area contributed by atoms with E-state index in [0.717, 1.165) is 25.1 Å².